The van der Waals surface area contributed by atoms with Gasteiger partial charge in [0, 0.05) is 32.8 Å². The zero-order valence-corrected chi connectivity index (χ0v) is 17.0. The fourth-order valence-corrected chi connectivity index (χ4v) is 3.80. The van der Waals surface area contributed by atoms with E-state index in [2.05, 4.69) is 29.4 Å². The number of halogens is 1. The summed E-state index contributed by atoms with van der Waals surface area (Å²) in [5.41, 5.74) is 0.797. The van der Waals surface area contributed by atoms with E-state index in [1.807, 2.05) is 6.07 Å². The smallest absolute Gasteiger partial charge is 0.191 e. The molecule has 2 unspecified atom stereocenters. The van der Waals surface area contributed by atoms with Crippen LogP contribution >= 0.6 is 0 Å². The number of benzene rings is 1. The van der Waals surface area contributed by atoms with Crippen molar-refractivity contribution in [3.63, 3.8) is 0 Å². The average Bonchev–Trinajstić information content (AvgIpc) is 3.14. The van der Waals surface area contributed by atoms with Gasteiger partial charge < -0.3 is 20.1 Å². The Morgan fingerprint density at radius 2 is 2.11 bits per heavy atom. The first-order chi connectivity index (χ1) is 13.6. The number of rotatable bonds is 7. The van der Waals surface area contributed by atoms with E-state index in [1.54, 1.807) is 12.1 Å². The van der Waals surface area contributed by atoms with Crippen molar-refractivity contribution in [1.82, 2.24) is 15.5 Å². The van der Waals surface area contributed by atoms with Gasteiger partial charge in [-0.2, -0.15) is 0 Å². The monoisotopic (exact) mass is 392 g/mol. The molecule has 0 radical (unpaired) electrons. The minimum absolute atomic E-state index is 0.0572. The van der Waals surface area contributed by atoms with E-state index in [1.165, 1.54) is 6.07 Å². The molecule has 156 valence electrons. The largest absolute Gasteiger partial charge is 0.379 e. The van der Waals surface area contributed by atoms with Crippen LogP contribution in [-0.4, -0.2) is 69.0 Å². The Balaban J connectivity index is 1.69. The average molecular weight is 393 g/mol. The summed E-state index contributed by atoms with van der Waals surface area (Å²) < 4.78 is 25.2. The lowest BCUT2D eigenvalue weighted by atomic mass is 10.0. The number of nitrogens with zero attached hydrogens (tertiary/aromatic N) is 2. The summed E-state index contributed by atoms with van der Waals surface area (Å²) in [6.45, 7) is 10.1. The van der Waals surface area contributed by atoms with Crippen molar-refractivity contribution in [2.75, 3.05) is 52.5 Å². The summed E-state index contributed by atoms with van der Waals surface area (Å²) in [4.78, 5) is 7.09. The molecule has 2 fully saturated rings. The van der Waals surface area contributed by atoms with Crippen molar-refractivity contribution < 1.29 is 13.9 Å². The van der Waals surface area contributed by atoms with Crippen LogP contribution in [0, 0.1) is 5.82 Å². The van der Waals surface area contributed by atoms with E-state index >= 15 is 0 Å². The number of hydrogen-bond donors (Lipinski definition) is 2. The molecular formula is C21H33FN4O2. The van der Waals surface area contributed by atoms with Crippen LogP contribution in [0.2, 0.25) is 0 Å². The molecule has 2 heterocycles. The SMILES string of the molecule is CCNC(=NCC1(C)CCCO1)NCC(c1cccc(F)c1)N1CCOCC1. The lowest BCUT2D eigenvalue weighted by molar-refractivity contribution is 0.0168. The van der Waals surface area contributed by atoms with Gasteiger partial charge >= 0.3 is 0 Å². The molecule has 2 atom stereocenters. The standard InChI is InChI=1S/C21H33FN4O2/c1-3-23-20(25-16-21(2)8-5-11-28-21)24-15-19(26-9-12-27-13-10-26)17-6-4-7-18(22)14-17/h4,6-7,14,19H,3,5,8-13,15-16H2,1-2H3,(H2,23,24,25). The third kappa shape index (κ3) is 5.90. The van der Waals surface area contributed by atoms with Crippen molar-refractivity contribution in [2.45, 2.75) is 38.3 Å². The highest BCUT2D eigenvalue weighted by Gasteiger charge is 2.29. The van der Waals surface area contributed by atoms with Crippen molar-refractivity contribution in [3.05, 3.63) is 35.6 Å². The summed E-state index contributed by atoms with van der Waals surface area (Å²) in [6.07, 6.45) is 2.13. The van der Waals surface area contributed by atoms with E-state index in [-0.39, 0.29) is 17.5 Å². The zero-order valence-electron chi connectivity index (χ0n) is 17.0. The Labute approximate surface area is 167 Å². The fraction of sp³-hybridized carbons (Fsp3) is 0.667. The Morgan fingerprint density at radius 3 is 2.79 bits per heavy atom. The van der Waals surface area contributed by atoms with Gasteiger partial charge in [0.15, 0.2) is 5.96 Å². The van der Waals surface area contributed by atoms with Gasteiger partial charge in [-0.3, -0.25) is 9.89 Å². The maximum absolute atomic E-state index is 13.8. The van der Waals surface area contributed by atoms with Crippen LogP contribution in [0.3, 0.4) is 0 Å². The van der Waals surface area contributed by atoms with Crippen molar-refractivity contribution in [3.8, 4) is 0 Å². The van der Waals surface area contributed by atoms with Crippen LogP contribution in [0.4, 0.5) is 4.39 Å². The number of guanidine groups is 1. The minimum atomic E-state index is -0.206. The molecule has 0 aromatic heterocycles. The molecule has 2 aliphatic heterocycles. The Hall–Kier alpha value is -1.70. The molecule has 0 aliphatic carbocycles. The van der Waals surface area contributed by atoms with Crippen LogP contribution in [0.15, 0.2) is 29.3 Å². The number of hydrogen-bond acceptors (Lipinski definition) is 4. The number of morpholine rings is 1. The van der Waals surface area contributed by atoms with Crippen molar-refractivity contribution >= 4 is 5.96 Å². The zero-order chi connectivity index (χ0) is 19.8. The van der Waals surface area contributed by atoms with Gasteiger partial charge in [0.25, 0.3) is 0 Å². The van der Waals surface area contributed by atoms with E-state index in [4.69, 9.17) is 14.5 Å². The Bertz CT molecular complexity index is 643. The maximum Gasteiger partial charge on any atom is 0.191 e. The molecule has 2 N–H and O–H groups in total. The van der Waals surface area contributed by atoms with E-state index in [0.29, 0.717) is 26.3 Å². The molecule has 2 saturated heterocycles. The first-order valence-electron chi connectivity index (χ1n) is 10.3. The highest BCUT2D eigenvalue weighted by molar-refractivity contribution is 5.79. The molecule has 6 nitrogen and oxygen atoms in total. The first-order valence-corrected chi connectivity index (χ1v) is 10.3. The van der Waals surface area contributed by atoms with Gasteiger partial charge in [0.2, 0.25) is 0 Å². The molecule has 0 bridgehead atoms. The quantitative estimate of drug-likeness (QED) is 0.551. The van der Waals surface area contributed by atoms with Crippen molar-refractivity contribution in [1.29, 1.82) is 0 Å². The van der Waals surface area contributed by atoms with Gasteiger partial charge in [-0.25, -0.2) is 4.39 Å². The summed E-state index contributed by atoms with van der Waals surface area (Å²) >= 11 is 0. The van der Waals surface area contributed by atoms with Crippen LogP contribution in [0.1, 0.15) is 38.3 Å². The highest BCUT2D eigenvalue weighted by atomic mass is 19.1. The summed E-state index contributed by atoms with van der Waals surface area (Å²) in [5, 5.41) is 6.77. The second-order valence-electron chi connectivity index (χ2n) is 7.70. The molecular weight excluding hydrogens is 359 g/mol. The third-order valence-corrected chi connectivity index (χ3v) is 5.40. The molecule has 1 aromatic rings. The normalized spacial score (nSPS) is 24.9. The molecule has 7 heteroatoms. The second-order valence-corrected chi connectivity index (χ2v) is 7.70. The maximum atomic E-state index is 13.8. The number of ether oxygens (including phenoxy) is 2. The molecule has 0 spiro atoms. The Kier molecular flexibility index (Phi) is 7.65. The molecule has 28 heavy (non-hydrogen) atoms. The predicted octanol–water partition coefficient (Wildman–Crippen LogP) is 2.32. The van der Waals surface area contributed by atoms with E-state index in [0.717, 1.165) is 50.6 Å². The van der Waals surface area contributed by atoms with E-state index < -0.39 is 0 Å². The fourth-order valence-electron chi connectivity index (χ4n) is 3.80. The third-order valence-electron chi connectivity index (χ3n) is 5.40. The lowest BCUT2D eigenvalue weighted by Gasteiger charge is -2.35. The summed E-state index contributed by atoms with van der Waals surface area (Å²) in [5.74, 6) is 0.566. The van der Waals surface area contributed by atoms with Crippen LogP contribution in [-0.2, 0) is 9.47 Å². The van der Waals surface area contributed by atoms with Gasteiger partial charge in [-0.05, 0) is 44.4 Å². The molecule has 2 aliphatic rings. The predicted molar refractivity (Wildman–Crippen MR) is 109 cm³/mol. The van der Waals surface area contributed by atoms with Crippen LogP contribution in [0.5, 0.6) is 0 Å². The summed E-state index contributed by atoms with van der Waals surface area (Å²) in [7, 11) is 0. The molecule has 0 amide bonds. The van der Waals surface area contributed by atoms with Gasteiger partial charge in [-0.1, -0.05) is 12.1 Å². The van der Waals surface area contributed by atoms with Crippen LogP contribution < -0.4 is 10.6 Å². The first kappa shape index (κ1) is 21.0. The minimum Gasteiger partial charge on any atom is -0.379 e. The number of aliphatic imine (C=N–C) groups is 1. The van der Waals surface area contributed by atoms with E-state index in [9.17, 15) is 4.39 Å². The molecule has 0 saturated carbocycles. The van der Waals surface area contributed by atoms with Crippen LogP contribution in [0.25, 0.3) is 0 Å². The summed E-state index contributed by atoms with van der Waals surface area (Å²) in [6, 6.07) is 6.93. The van der Waals surface area contributed by atoms with Gasteiger partial charge in [0.1, 0.15) is 5.82 Å². The van der Waals surface area contributed by atoms with Crippen molar-refractivity contribution in [2.24, 2.45) is 4.99 Å². The number of nitrogens with one attached hydrogen (secondary N) is 2. The Morgan fingerprint density at radius 1 is 1.29 bits per heavy atom. The molecule has 3 rings (SSSR count). The van der Waals surface area contributed by atoms with Gasteiger partial charge in [0.05, 0.1) is 31.4 Å². The van der Waals surface area contributed by atoms with Gasteiger partial charge in [-0.15, -0.1) is 0 Å². The second kappa shape index (κ2) is 10.2. The molecule has 1 aromatic carbocycles. The lowest BCUT2D eigenvalue weighted by Crippen LogP contribution is -2.46. The topological polar surface area (TPSA) is 58.1 Å². The highest BCUT2D eigenvalue weighted by Crippen LogP contribution is 2.25.